The number of hydrogen-bond donors (Lipinski definition) is 0. The number of aromatic nitrogens is 2. The van der Waals surface area contributed by atoms with Gasteiger partial charge in [0, 0.05) is 50.1 Å². The summed E-state index contributed by atoms with van der Waals surface area (Å²) >= 11 is 0. The van der Waals surface area contributed by atoms with Crippen molar-refractivity contribution >= 4 is 22.6 Å². The van der Waals surface area contributed by atoms with Crippen molar-refractivity contribution in [1.29, 1.82) is 0 Å². The van der Waals surface area contributed by atoms with Crippen LogP contribution in [0.4, 0.5) is 5.82 Å². The number of anilines is 1. The second-order valence-corrected chi connectivity index (χ2v) is 8.62. The minimum absolute atomic E-state index is 0.0118. The first-order chi connectivity index (χ1) is 16.2. The molecule has 5 rings (SSSR count). The van der Waals surface area contributed by atoms with Crippen LogP contribution in [0.2, 0.25) is 0 Å². The van der Waals surface area contributed by atoms with Crippen LogP contribution in [-0.2, 0) is 6.42 Å². The second kappa shape index (κ2) is 9.45. The Kier molecular flexibility index (Phi) is 6.07. The summed E-state index contributed by atoms with van der Waals surface area (Å²) in [5.41, 5.74) is 3.49. The van der Waals surface area contributed by atoms with Gasteiger partial charge in [0.05, 0.1) is 11.1 Å². The zero-order chi connectivity index (χ0) is 22.6. The summed E-state index contributed by atoms with van der Waals surface area (Å²) in [5, 5.41) is 5.18. The van der Waals surface area contributed by atoms with Crippen LogP contribution in [0.25, 0.3) is 22.2 Å². The molecule has 6 heteroatoms. The number of nitrogens with zero attached hydrogens (tertiary/aromatic N) is 4. The maximum atomic E-state index is 13.4. The van der Waals surface area contributed by atoms with Gasteiger partial charge in [-0.25, -0.2) is 4.98 Å². The van der Waals surface area contributed by atoms with Crippen molar-refractivity contribution in [2.45, 2.75) is 25.7 Å². The molecule has 0 spiro atoms. The Bertz CT molecular complexity index is 1250. The third kappa shape index (κ3) is 4.60. The molecule has 0 radical (unpaired) electrons. The summed E-state index contributed by atoms with van der Waals surface area (Å²) in [6.45, 7) is 2.53. The molecular weight excluding hydrogens is 412 g/mol. The van der Waals surface area contributed by atoms with Crippen LogP contribution in [0.1, 0.15) is 35.4 Å². The first kappa shape index (κ1) is 21.2. The van der Waals surface area contributed by atoms with Crippen LogP contribution in [0.15, 0.2) is 71.3 Å². The fourth-order valence-electron chi connectivity index (χ4n) is 4.41. The fraction of sp³-hybridized carbons (Fsp3) is 0.296. The van der Waals surface area contributed by atoms with E-state index in [1.165, 1.54) is 0 Å². The van der Waals surface area contributed by atoms with E-state index < -0.39 is 0 Å². The summed E-state index contributed by atoms with van der Waals surface area (Å²) in [4.78, 5) is 22.3. The van der Waals surface area contributed by atoms with Crippen molar-refractivity contribution in [3.63, 3.8) is 0 Å². The number of aryl methyl sites for hydroxylation is 1. The van der Waals surface area contributed by atoms with Gasteiger partial charge in [0.15, 0.2) is 0 Å². The molecule has 2 aromatic carbocycles. The highest BCUT2D eigenvalue weighted by molar-refractivity contribution is 6.02. The summed E-state index contributed by atoms with van der Waals surface area (Å²) in [6.07, 6.45) is 3.80. The molecule has 1 aliphatic rings. The summed E-state index contributed by atoms with van der Waals surface area (Å²) < 4.78 is 5.51. The second-order valence-electron chi connectivity index (χ2n) is 8.62. The maximum absolute atomic E-state index is 13.4. The van der Waals surface area contributed by atoms with E-state index in [0.29, 0.717) is 12.1 Å². The smallest absolute Gasteiger partial charge is 0.257 e. The average Bonchev–Trinajstić information content (AvgIpc) is 3.56. The van der Waals surface area contributed by atoms with Gasteiger partial charge in [-0.2, -0.15) is 0 Å². The zero-order valence-electron chi connectivity index (χ0n) is 18.9. The van der Waals surface area contributed by atoms with Crippen molar-refractivity contribution in [2.75, 3.05) is 31.6 Å². The highest BCUT2D eigenvalue weighted by atomic mass is 16.5. The SMILES string of the molecule is CN(CCCc1cc(-c2ccccc2)no1)C(=O)c1cc2ccccc2nc1N1CCCC1. The molecule has 0 aliphatic carbocycles. The highest BCUT2D eigenvalue weighted by Crippen LogP contribution is 2.27. The predicted octanol–water partition coefficient (Wildman–Crippen LogP) is 5.19. The van der Waals surface area contributed by atoms with Gasteiger partial charge in [0.1, 0.15) is 17.3 Å². The van der Waals surface area contributed by atoms with Gasteiger partial charge in [-0.05, 0) is 31.4 Å². The van der Waals surface area contributed by atoms with E-state index in [9.17, 15) is 4.79 Å². The van der Waals surface area contributed by atoms with Crippen LogP contribution < -0.4 is 4.90 Å². The number of para-hydroxylation sites is 1. The van der Waals surface area contributed by atoms with Gasteiger partial charge >= 0.3 is 0 Å². The molecule has 3 heterocycles. The molecule has 4 aromatic rings. The van der Waals surface area contributed by atoms with Crippen LogP contribution in [0.3, 0.4) is 0 Å². The van der Waals surface area contributed by atoms with Crippen molar-refractivity contribution < 1.29 is 9.32 Å². The van der Waals surface area contributed by atoms with Crippen molar-refractivity contribution in [1.82, 2.24) is 15.0 Å². The van der Waals surface area contributed by atoms with Gasteiger partial charge in [-0.15, -0.1) is 0 Å². The Labute approximate surface area is 193 Å². The monoisotopic (exact) mass is 440 g/mol. The quantitative estimate of drug-likeness (QED) is 0.396. The van der Waals surface area contributed by atoms with Gasteiger partial charge in [0.2, 0.25) is 0 Å². The van der Waals surface area contributed by atoms with Gasteiger partial charge in [-0.3, -0.25) is 4.79 Å². The van der Waals surface area contributed by atoms with Crippen molar-refractivity contribution in [3.8, 4) is 11.3 Å². The molecule has 1 aliphatic heterocycles. The predicted molar refractivity (Wildman–Crippen MR) is 130 cm³/mol. The molecule has 1 amide bonds. The maximum Gasteiger partial charge on any atom is 0.257 e. The first-order valence-corrected chi connectivity index (χ1v) is 11.6. The van der Waals surface area contributed by atoms with E-state index in [2.05, 4.69) is 10.1 Å². The zero-order valence-corrected chi connectivity index (χ0v) is 18.9. The molecule has 168 valence electrons. The molecule has 2 aromatic heterocycles. The number of fused-ring (bicyclic) bond motifs is 1. The Morgan fingerprint density at radius 2 is 1.79 bits per heavy atom. The van der Waals surface area contributed by atoms with Crippen LogP contribution in [0.5, 0.6) is 0 Å². The van der Waals surface area contributed by atoms with E-state index in [0.717, 1.165) is 72.5 Å². The number of rotatable bonds is 7. The standard InChI is InChI=1S/C27H28N4O2/c1-30(15-9-13-22-19-25(29-33-22)20-10-3-2-4-11-20)27(32)23-18-21-12-5-6-14-24(21)28-26(23)31-16-7-8-17-31/h2-6,10-12,14,18-19H,7-9,13,15-17H2,1H3. The van der Waals surface area contributed by atoms with Crippen LogP contribution in [0, 0.1) is 0 Å². The number of pyridine rings is 1. The molecule has 6 nitrogen and oxygen atoms in total. The van der Waals surface area contributed by atoms with Crippen LogP contribution >= 0.6 is 0 Å². The Morgan fingerprint density at radius 3 is 2.61 bits per heavy atom. The Hall–Kier alpha value is -3.67. The molecule has 0 saturated carbocycles. The molecule has 33 heavy (non-hydrogen) atoms. The number of benzene rings is 2. The van der Waals surface area contributed by atoms with E-state index in [4.69, 9.17) is 9.51 Å². The van der Waals surface area contributed by atoms with Crippen molar-refractivity contribution in [3.05, 3.63) is 78.1 Å². The Morgan fingerprint density at radius 1 is 1.03 bits per heavy atom. The summed E-state index contributed by atoms with van der Waals surface area (Å²) in [6, 6.07) is 22.0. The number of carbonyl (C=O) groups excluding carboxylic acids is 1. The molecule has 1 saturated heterocycles. The topological polar surface area (TPSA) is 62.5 Å². The molecule has 1 fully saturated rings. The molecule has 0 bridgehead atoms. The summed E-state index contributed by atoms with van der Waals surface area (Å²) in [7, 11) is 1.86. The lowest BCUT2D eigenvalue weighted by molar-refractivity contribution is 0.0793. The lowest BCUT2D eigenvalue weighted by Gasteiger charge is -2.23. The minimum Gasteiger partial charge on any atom is -0.361 e. The number of amides is 1. The normalized spacial score (nSPS) is 13.5. The van der Waals surface area contributed by atoms with E-state index in [1.54, 1.807) is 4.90 Å². The van der Waals surface area contributed by atoms with Crippen LogP contribution in [-0.4, -0.2) is 47.6 Å². The molecule has 0 N–H and O–H groups in total. The van der Waals surface area contributed by atoms with Crippen molar-refractivity contribution in [2.24, 2.45) is 0 Å². The third-order valence-corrected chi connectivity index (χ3v) is 6.23. The van der Waals surface area contributed by atoms with E-state index in [1.807, 2.05) is 73.8 Å². The average molecular weight is 441 g/mol. The largest absolute Gasteiger partial charge is 0.361 e. The van der Waals surface area contributed by atoms with Gasteiger partial charge < -0.3 is 14.3 Å². The Balaban J connectivity index is 1.27. The molecular formula is C27H28N4O2. The van der Waals surface area contributed by atoms with Gasteiger partial charge in [0.25, 0.3) is 5.91 Å². The third-order valence-electron chi connectivity index (χ3n) is 6.23. The number of hydrogen-bond acceptors (Lipinski definition) is 5. The van der Waals surface area contributed by atoms with E-state index in [-0.39, 0.29) is 5.91 Å². The molecule has 0 atom stereocenters. The minimum atomic E-state index is 0.0118. The highest BCUT2D eigenvalue weighted by Gasteiger charge is 2.24. The fourth-order valence-corrected chi connectivity index (χ4v) is 4.41. The number of carbonyl (C=O) groups is 1. The first-order valence-electron chi connectivity index (χ1n) is 11.6. The lowest BCUT2D eigenvalue weighted by Crippen LogP contribution is -2.31. The molecule has 0 unspecified atom stereocenters. The van der Waals surface area contributed by atoms with Gasteiger partial charge in [-0.1, -0.05) is 53.7 Å². The lowest BCUT2D eigenvalue weighted by atomic mass is 10.1. The van der Waals surface area contributed by atoms with E-state index >= 15 is 0 Å². The summed E-state index contributed by atoms with van der Waals surface area (Å²) in [5.74, 6) is 1.66.